The third-order valence-electron chi connectivity index (χ3n) is 2.51. The zero-order valence-corrected chi connectivity index (χ0v) is 10.9. The molecule has 0 fully saturated rings. The lowest BCUT2D eigenvalue weighted by molar-refractivity contribution is 0.587. The summed E-state index contributed by atoms with van der Waals surface area (Å²) in [5.41, 5.74) is 3.01. The van der Waals surface area contributed by atoms with Gasteiger partial charge < -0.3 is 0 Å². The summed E-state index contributed by atoms with van der Waals surface area (Å²) < 4.78 is 24.4. The fourth-order valence-electron chi connectivity index (χ4n) is 1.59. The SMILES string of the molecule is CS(=O)(=O)NCc1[c]cc(-c2ccccc2)cc1. The van der Waals surface area contributed by atoms with Crippen molar-refractivity contribution in [2.24, 2.45) is 0 Å². The molecule has 0 spiro atoms. The minimum atomic E-state index is -3.15. The molecule has 4 heteroatoms. The van der Waals surface area contributed by atoms with E-state index >= 15 is 0 Å². The van der Waals surface area contributed by atoms with Crippen molar-refractivity contribution in [2.45, 2.75) is 6.54 Å². The molecule has 0 aliphatic rings. The lowest BCUT2D eigenvalue weighted by Gasteiger charge is -2.04. The Labute approximate surface area is 108 Å². The van der Waals surface area contributed by atoms with E-state index in [0.717, 1.165) is 22.9 Å². The molecule has 93 valence electrons. The molecule has 0 atom stereocenters. The molecule has 0 bridgehead atoms. The second-order valence-electron chi connectivity index (χ2n) is 4.06. The highest BCUT2D eigenvalue weighted by atomic mass is 32.2. The van der Waals surface area contributed by atoms with Crippen molar-refractivity contribution in [3.63, 3.8) is 0 Å². The normalized spacial score (nSPS) is 11.4. The number of hydrogen-bond donors (Lipinski definition) is 1. The number of hydrogen-bond acceptors (Lipinski definition) is 2. The van der Waals surface area contributed by atoms with Gasteiger partial charge in [0.2, 0.25) is 10.0 Å². The molecular weight excluding hydrogens is 246 g/mol. The minimum Gasteiger partial charge on any atom is -0.213 e. The van der Waals surface area contributed by atoms with Gasteiger partial charge in [0.05, 0.1) is 6.26 Å². The maximum atomic E-state index is 11.0. The molecule has 2 rings (SSSR count). The number of nitrogens with one attached hydrogen (secondary N) is 1. The van der Waals surface area contributed by atoms with Crippen molar-refractivity contribution in [1.29, 1.82) is 0 Å². The summed E-state index contributed by atoms with van der Waals surface area (Å²) in [6, 6.07) is 18.8. The Balaban J connectivity index is 2.11. The topological polar surface area (TPSA) is 46.2 Å². The predicted molar refractivity (Wildman–Crippen MR) is 72.4 cm³/mol. The van der Waals surface area contributed by atoms with Crippen LogP contribution in [0.5, 0.6) is 0 Å². The Morgan fingerprint density at radius 2 is 1.78 bits per heavy atom. The van der Waals surface area contributed by atoms with Gasteiger partial charge in [0.1, 0.15) is 0 Å². The van der Waals surface area contributed by atoms with Gasteiger partial charge in [-0.05, 0) is 28.8 Å². The van der Waals surface area contributed by atoms with Crippen LogP contribution in [0.25, 0.3) is 11.1 Å². The van der Waals surface area contributed by atoms with Gasteiger partial charge in [-0.1, -0.05) is 42.5 Å². The number of sulfonamides is 1. The Bertz CT molecular complexity index is 604. The van der Waals surface area contributed by atoms with Crippen LogP contribution in [0.4, 0.5) is 0 Å². The van der Waals surface area contributed by atoms with E-state index in [0.29, 0.717) is 0 Å². The summed E-state index contributed by atoms with van der Waals surface area (Å²) in [6.07, 6.45) is 1.14. The lowest BCUT2D eigenvalue weighted by Crippen LogP contribution is -2.21. The van der Waals surface area contributed by atoms with Crippen LogP contribution >= 0.6 is 0 Å². The zero-order chi connectivity index (χ0) is 13.0. The van der Waals surface area contributed by atoms with Crippen LogP contribution in [0.2, 0.25) is 0 Å². The average Bonchev–Trinajstić information content (AvgIpc) is 2.37. The Morgan fingerprint density at radius 3 is 2.33 bits per heavy atom. The van der Waals surface area contributed by atoms with Crippen LogP contribution in [-0.2, 0) is 16.6 Å². The first-order valence-electron chi connectivity index (χ1n) is 5.55. The predicted octanol–water partition coefficient (Wildman–Crippen LogP) is 2.20. The maximum absolute atomic E-state index is 11.0. The summed E-state index contributed by atoms with van der Waals surface area (Å²) in [6.45, 7) is 0.272. The van der Waals surface area contributed by atoms with Gasteiger partial charge in [0.25, 0.3) is 0 Å². The van der Waals surface area contributed by atoms with Crippen LogP contribution < -0.4 is 4.72 Å². The molecular formula is C14H14NO2S. The van der Waals surface area contributed by atoms with Crippen molar-refractivity contribution in [1.82, 2.24) is 4.72 Å². The molecule has 2 aromatic rings. The molecule has 0 aliphatic carbocycles. The second-order valence-corrected chi connectivity index (χ2v) is 5.89. The Kier molecular flexibility index (Phi) is 3.79. The van der Waals surface area contributed by atoms with Gasteiger partial charge >= 0.3 is 0 Å². The van der Waals surface area contributed by atoms with E-state index in [1.54, 1.807) is 0 Å². The molecule has 0 unspecified atom stereocenters. The van der Waals surface area contributed by atoms with Crippen LogP contribution in [0, 0.1) is 6.07 Å². The van der Waals surface area contributed by atoms with Gasteiger partial charge in [-0.25, -0.2) is 13.1 Å². The van der Waals surface area contributed by atoms with Gasteiger partial charge in [0, 0.05) is 6.54 Å². The first kappa shape index (κ1) is 12.8. The highest BCUT2D eigenvalue weighted by molar-refractivity contribution is 7.88. The summed E-state index contributed by atoms with van der Waals surface area (Å²) in [4.78, 5) is 0. The largest absolute Gasteiger partial charge is 0.213 e. The molecule has 0 heterocycles. The lowest BCUT2D eigenvalue weighted by atomic mass is 10.0. The zero-order valence-electron chi connectivity index (χ0n) is 10.1. The monoisotopic (exact) mass is 260 g/mol. The summed E-state index contributed by atoms with van der Waals surface area (Å²) in [5, 5.41) is 0. The van der Waals surface area contributed by atoms with Crippen LogP contribution in [0.3, 0.4) is 0 Å². The fraction of sp³-hybridized carbons (Fsp3) is 0.143. The number of benzene rings is 2. The van der Waals surface area contributed by atoms with Crippen LogP contribution in [0.1, 0.15) is 5.56 Å². The molecule has 18 heavy (non-hydrogen) atoms. The highest BCUT2D eigenvalue weighted by Gasteiger charge is 2.02. The van der Waals surface area contributed by atoms with E-state index in [9.17, 15) is 8.42 Å². The van der Waals surface area contributed by atoms with Gasteiger partial charge in [-0.15, -0.1) is 0 Å². The van der Waals surface area contributed by atoms with Crippen molar-refractivity contribution in [3.8, 4) is 11.1 Å². The average molecular weight is 260 g/mol. The second kappa shape index (κ2) is 5.33. The van der Waals surface area contributed by atoms with E-state index in [4.69, 9.17) is 0 Å². The summed E-state index contributed by atoms with van der Waals surface area (Å²) in [7, 11) is -3.15. The minimum absolute atomic E-state index is 0.272. The van der Waals surface area contributed by atoms with Crippen LogP contribution in [-0.4, -0.2) is 14.7 Å². The summed E-state index contributed by atoms with van der Waals surface area (Å²) >= 11 is 0. The molecule has 3 nitrogen and oxygen atoms in total. The van der Waals surface area contributed by atoms with Gasteiger partial charge in [0.15, 0.2) is 0 Å². The fourth-order valence-corrected chi connectivity index (χ4v) is 2.00. The Hall–Kier alpha value is -1.65. The third kappa shape index (κ3) is 3.68. The molecule has 1 N–H and O–H groups in total. The third-order valence-corrected chi connectivity index (χ3v) is 3.18. The van der Waals surface area contributed by atoms with E-state index in [1.807, 2.05) is 48.5 Å². The standard InChI is InChI=1S/C14H14NO2S/c1-18(16,17)15-11-12-7-9-14(10-8-12)13-5-3-2-4-6-13/h2-7,9-10,15H,11H2,1H3. The first-order valence-corrected chi connectivity index (χ1v) is 7.44. The smallest absolute Gasteiger partial charge is 0.209 e. The van der Waals surface area contributed by atoms with Crippen molar-refractivity contribution >= 4 is 10.0 Å². The van der Waals surface area contributed by atoms with E-state index < -0.39 is 10.0 Å². The van der Waals surface area contributed by atoms with Gasteiger partial charge in [-0.2, -0.15) is 0 Å². The molecule has 1 radical (unpaired) electrons. The molecule has 0 saturated carbocycles. The van der Waals surface area contributed by atoms with E-state index in [2.05, 4.69) is 10.8 Å². The van der Waals surface area contributed by atoms with E-state index in [-0.39, 0.29) is 6.54 Å². The molecule has 0 amide bonds. The first-order chi connectivity index (χ1) is 8.54. The number of rotatable bonds is 4. The van der Waals surface area contributed by atoms with Crippen molar-refractivity contribution in [3.05, 3.63) is 60.2 Å². The molecule has 0 aliphatic heterocycles. The maximum Gasteiger partial charge on any atom is 0.209 e. The van der Waals surface area contributed by atoms with Crippen molar-refractivity contribution in [2.75, 3.05) is 6.26 Å². The summed E-state index contributed by atoms with van der Waals surface area (Å²) in [5.74, 6) is 0. The van der Waals surface area contributed by atoms with Crippen molar-refractivity contribution < 1.29 is 8.42 Å². The molecule has 0 saturated heterocycles. The highest BCUT2D eigenvalue weighted by Crippen LogP contribution is 2.18. The van der Waals surface area contributed by atoms with Gasteiger partial charge in [-0.3, -0.25) is 0 Å². The molecule has 2 aromatic carbocycles. The quantitative estimate of drug-likeness (QED) is 0.916. The Morgan fingerprint density at radius 1 is 1.06 bits per heavy atom. The van der Waals surface area contributed by atoms with Crippen LogP contribution in [0.15, 0.2) is 48.5 Å². The van der Waals surface area contributed by atoms with E-state index in [1.165, 1.54) is 0 Å². The molecule has 0 aromatic heterocycles.